The molecule has 0 unspecified atom stereocenters. The molecule has 1 atom stereocenters. The average molecular weight is 375 g/mol. The second-order valence-corrected chi connectivity index (χ2v) is 6.50. The highest BCUT2D eigenvalue weighted by Crippen LogP contribution is 2.30. The van der Waals surface area contributed by atoms with Crippen molar-refractivity contribution in [1.82, 2.24) is 4.90 Å². The van der Waals surface area contributed by atoms with Crippen LogP contribution < -0.4 is 0 Å². The first kappa shape index (κ1) is 19.8. The predicted molar refractivity (Wildman–Crippen MR) is 111 cm³/mol. The minimum atomic E-state index is -0.486. The first-order valence-corrected chi connectivity index (χ1v) is 9.23. The molecule has 0 saturated carbocycles. The minimum absolute atomic E-state index is 0.226. The van der Waals surface area contributed by atoms with E-state index < -0.39 is 6.29 Å². The van der Waals surface area contributed by atoms with Gasteiger partial charge in [0.1, 0.15) is 0 Å². The summed E-state index contributed by atoms with van der Waals surface area (Å²) in [7, 11) is 3.15. The summed E-state index contributed by atoms with van der Waals surface area (Å²) >= 11 is 0. The smallest absolute Gasteiger partial charge is 0.210 e. The summed E-state index contributed by atoms with van der Waals surface area (Å²) in [6.45, 7) is 0.330. The Kier molecular flexibility index (Phi) is 6.95. The lowest BCUT2D eigenvalue weighted by molar-refractivity contribution is -0.137. The van der Waals surface area contributed by atoms with Crippen LogP contribution in [0.3, 0.4) is 0 Å². The maximum atomic E-state index is 12.0. The molecule has 0 N–H and O–H groups in total. The molecule has 1 amide bonds. The average Bonchev–Trinajstić information content (AvgIpc) is 2.78. The van der Waals surface area contributed by atoms with Gasteiger partial charge in [0, 0.05) is 14.2 Å². The van der Waals surface area contributed by atoms with E-state index in [0.29, 0.717) is 6.54 Å². The molecule has 0 aromatic heterocycles. The summed E-state index contributed by atoms with van der Waals surface area (Å²) in [4.78, 5) is 13.7. The Hall–Kier alpha value is -2.95. The molecule has 0 spiro atoms. The molecule has 0 heterocycles. The molecule has 0 aliphatic heterocycles. The van der Waals surface area contributed by atoms with Crippen LogP contribution in [0.5, 0.6) is 0 Å². The molecular weight excluding hydrogens is 350 g/mol. The van der Waals surface area contributed by atoms with Crippen LogP contribution >= 0.6 is 0 Å². The van der Waals surface area contributed by atoms with Crippen molar-refractivity contribution in [2.75, 3.05) is 20.8 Å². The van der Waals surface area contributed by atoms with Gasteiger partial charge in [0.15, 0.2) is 6.29 Å². The van der Waals surface area contributed by atoms with Gasteiger partial charge in [-0.2, -0.15) is 0 Å². The van der Waals surface area contributed by atoms with Crippen molar-refractivity contribution in [3.8, 4) is 11.1 Å². The molecule has 0 aliphatic carbocycles. The van der Waals surface area contributed by atoms with Crippen molar-refractivity contribution in [2.24, 2.45) is 0 Å². The second kappa shape index (κ2) is 9.83. The highest BCUT2D eigenvalue weighted by atomic mass is 16.7. The summed E-state index contributed by atoms with van der Waals surface area (Å²) in [5.41, 5.74) is 4.37. The molecular formula is C24H25NO3. The molecule has 4 nitrogen and oxygen atoms in total. The zero-order chi connectivity index (χ0) is 19.8. The van der Waals surface area contributed by atoms with Crippen LogP contribution in [-0.2, 0) is 14.3 Å². The summed E-state index contributed by atoms with van der Waals surface area (Å²) < 4.78 is 10.6. The highest BCUT2D eigenvalue weighted by molar-refractivity contribution is 5.64. The Labute approximate surface area is 166 Å². The predicted octanol–water partition coefficient (Wildman–Crippen LogP) is 4.52. The topological polar surface area (TPSA) is 38.8 Å². The number of nitrogens with zero attached hydrogens (tertiary/aromatic N) is 1. The Morgan fingerprint density at radius 1 is 0.750 bits per heavy atom. The Bertz CT molecular complexity index is 846. The standard InChI is InChI=1S/C24H25NO3/c1-27-23(28-2)17-25(18-26)24(21-11-7-4-8-12-21)22-15-13-20(14-16-22)19-9-5-3-6-10-19/h3-16,18,23-24H,17H2,1-2H3/t24-/m1/s1. The Morgan fingerprint density at radius 3 is 1.79 bits per heavy atom. The largest absolute Gasteiger partial charge is 0.354 e. The van der Waals surface area contributed by atoms with Crippen LogP contribution in [0.4, 0.5) is 0 Å². The molecule has 3 rings (SSSR count). The van der Waals surface area contributed by atoms with Crippen molar-refractivity contribution < 1.29 is 14.3 Å². The van der Waals surface area contributed by atoms with Gasteiger partial charge in [-0.3, -0.25) is 4.79 Å². The number of ether oxygens (including phenoxy) is 2. The molecule has 0 bridgehead atoms. The molecule has 4 heteroatoms. The highest BCUT2D eigenvalue weighted by Gasteiger charge is 2.24. The Morgan fingerprint density at radius 2 is 1.25 bits per heavy atom. The number of carbonyl (C=O) groups is 1. The molecule has 3 aromatic carbocycles. The summed E-state index contributed by atoms with van der Waals surface area (Å²) in [5.74, 6) is 0. The molecule has 0 fully saturated rings. The van der Waals surface area contributed by atoms with Crippen molar-refractivity contribution in [1.29, 1.82) is 0 Å². The van der Waals surface area contributed by atoms with Crippen molar-refractivity contribution in [3.63, 3.8) is 0 Å². The number of hydrogen-bond acceptors (Lipinski definition) is 3. The van der Waals surface area contributed by atoms with Gasteiger partial charge in [-0.1, -0.05) is 84.9 Å². The number of rotatable bonds is 9. The third kappa shape index (κ3) is 4.66. The zero-order valence-electron chi connectivity index (χ0n) is 16.2. The van der Waals surface area contributed by atoms with E-state index >= 15 is 0 Å². The number of methoxy groups -OCH3 is 2. The normalized spacial score (nSPS) is 12.0. The van der Waals surface area contributed by atoms with Gasteiger partial charge in [-0.15, -0.1) is 0 Å². The van der Waals surface area contributed by atoms with Gasteiger partial charge in [0.05, 0.1) is 12.6 Å². The molecule has 28 heavy (non-hydrogen) atoms. The van der Waals surface area contributed by atoms with E-state index in [2.05, 4.69) is 36.4 Å². The lowest BCUT2D eigenvalue weighted by Gasteiger charge is -2.31. The molecule has 3 aromatic rings. The molecule has 0 radical (unpaired) electrons. The van der Waals surface area contributed by atoms with Crippen LogP contribution in [0.15, 0.2) is 84.9 Å². The van der Waals surface area contributed by atoms with Gasteiger partial charge < -0.3 is 14.4 Å². The summed E-state index contributed by atoms with van der Waals surface area (Å²) in [6, 6.07) is 28.3. The fraction of sp³-hybridized carbons (Fsp3) is 0.208. The van der Waals surface area contributed by atoms with Gasteiger partial charge in [-0.05, 0) is 22.3 Å². The van der Waals surface area contributed by atoms with E-state index in [1.54, 1.807) is 19.1 Å². The minimum Gasteiger partial charge on any atom is -0.354 e. The van der Waals surface area contributed by atoms with Crippen LogP contribution in [-0.4, -0.2) is 38.4 Å². The van der Waals surface area contributed by atoms with Gasteiger partial charge in [0.2, 0.25) is 6.41 Å². The number of amides is 1. The van der Waals surface area contributed by atoms with Crippen molar-refractivity contribution in [2.45, 2.75) is 12.3 Å². The third-order valence-corrected chi connectivity index (χ3v) is 4.80. The van der Waals surface area contributed by atoms with E-state index in [0.717, 1.165) is 28.7 Å². The van der Waals surface area contributed by atoms with Crippen LogP contribution in [0, 0.1) is 0 Å². The van der Waals surface area contributed by atoms with Crippen LogP contribution in [0.25, 0.3) is 11.1 Å². The monoisotopic (exact) mass is 375 g/mol. The first-order chi connectivity index (χ1) is 13.8. The lowest BCUT2D eigenvalue weighted by Crippen LogP contribution is -2.37. The second-order valence-electron chi connectivity index (χ2n) is 6.50. The van der Waals surface area contributed by atoms with Crippen molar-refractivity contribution >= 4 is 6.41 Å². The van der Waals surface area contributed by atoms with Crippen molar-refractivity contribution in [3.05, 3.63) is 96.1 Å². The number of benzene rings is 3. The fourth-order valence-electron chi connectivity index (χ4n) is 3.33. The molecule has 0 saturated heterocycles. The molecule has 0 aliphatic rings. The number of carbonyl (C=O) groups excluding carboxylic acids is 1. The molecule has 144 valence electrons. The lowest BCUT2D eigenvalue weighted by atomic mass is 9.95. The Balaban J connectivity index is 1.96. The first-order valence-electron chi connectivity index (χ1n) is 9.23. The maximum Gasteiger partial charge on any atom is 0.210 e. The maximum absolute atomic E-state index is 12.0. The van der Waals surface area contributed by atoms with Gasteiger partial charge >= 0.3 is 0 Å². The van der Waals surface area contributed by atoms with Gasteiger partial charge in [-0.25, -0.2) is 0 Å². The van der Waals surface area contributed by atoms with E-state index in [4.69, 9.17) is 9.47 Å². The van der Waals surface area contributed by atoms with E-state index in [9.17, 15) is 4.79 Å². The zero-order valence-corrected chi connectivity index (χ0v) is 16.2. The summed E-state index contributed by atoms with van der Waals surface area (Å²) in [5, 5.41) is 0. The fourth-order valence-corrected chi connectivity index (χ4v) is 3.33. The van der Waals surface area contributed by atoms with Gasteiger partial charge in [0.25, 0.3) is 0 Å². The van der Waals surface area contributed by atoms with Crippen LogP contribution in [0.1, 0.15) is 17.2 Å². The summed E-state index contributed by atoms with van der Waals surface area (Å²) in [6.07, 6.45) is 0.369. The van der Waals surface area contributed by atoms with E-state index in [-0.39, 0.29) is 6.04 Å². The van der Waals surface area contributed by atoms with E-state index in [1.807, 2.05) is 48.5 Å². The number of hydrogen-bond donors (Lipinski definition) is 0. The third-order valence-electron chi connectivity index (χ3n) is 4.80. The quantitative estimate of drug-likeness (QED) is 0.408. The van der Waals surface area contributed by atoms with E-state index in [1.165, 1.54) is 0 Å². The SMILES string of the molecule is COC(CN(C=O)[C@H](c1ccccc1)c1ccc(-c2ccccc2)cc1)OC. The van der Waals surface area contributed by atoms with Crippen LogP contribution in [0.2, 0.25) is 0 Å².